The Balaban J connectivity index is 1.91. The van der Waals surface area contributed by atoms with Crippen molar-refractivity contribution in [2.24, 2.45) is 0 Å². The van der Waals surface area contributed by atoms with Crippen molar-refractivity contribution in [3.8, 4) is 0 Å². The number of aromatic nitrogens is 1. The fourth-order valence-corrected chi connectivity index (χ4v) is 2.23. The molecule has 5 nitrogen and oxygen atoms in total. The monoisotopic (exact) mass is 290 g/mol. The van der Waals surface area contributed by atoms with Crippen molar-refractivity contribution in [2.45, 2.75) is 20.5 Å². The van der Waals surface area contributed by atoms with Crippen LogP contribution in [0.2, 0.25) is 0 Å². The lowest BCUT2D eigenvalue weighted by molar-refractivity contribution is -0.114. The van der Waals surface area contributed by atoms with Crippen LogP contribution < -0.4 is 5.32 Å². The normalized spacial score (nSPS) is 10.1. The number of rotatable bonds is 4. The highest BCUT2D eigenvalue weighted by molar-refractivity contribution is 7.13. The van der Waals surface area contributed by atoms with Gasteiger partial charge in [0, 0.05) is 12.3 Å². The van der Waals surface area contributed by atoms with Crippen molar-refractivity contribution >= 4 is 28.3 Å². The first-order chi connectivity index (χ1) is 9.54. The van der Waals surface area contributed by atoms with E-state index in [1.165, 1.54) is 18.3 Å². The molecule has 0 spiro atoms. The molecule has 0 saturated carbocycles. The van der Waals surface area contributed by atoms with Crippen LogP contribution >= 0.6 is 11.3 Å². The maximum absolute atomic E-state index is 11.8. The maximum atomic E-state index is 11.8. The highest BCUT2D eigenvalue weighted by atomic mass is 32.1. The minimum absolute atomic E-state index is 0.0861. The predicted molar refractivity (Wildman–Crippen MR) is 76.7 cm³/mol. The Hall–Kier alpha value is -2.21. The number of nitrogens with one attached hydrogen (secondary N) is 1. The molecule has 0 aliphatic carbocycles. The lowest BCUT2D eigenvalue weighted by Gasteiger charge is -2.03. The molecule has 1 aromatic carbocycles. The van der Waals surface area contributed by atoms with Crippen molar-refractivity contribution < 1.29 is 14.3 Å². The quantitative estimate of drug-likeness (QED) is 0.879. The average Bonchev–Trinajstić information content (AvgIpc) is 2.83. The van der Waals surface area contributed by atoms with E-state index in [-0.39, 0.29) is 18.5 Å². The van der Waals surface area contributed by atoms with Crippen LogP contribution in [0.3, 0.4) is 0 Å². The maximum Gasteiger partial charge on any atom is 0.338 e. The first-order valence-corrected chi connectivity index (χ1v) is 6.88. The second-order valence-corrected chi connectivity index (χ2v) is 5.13. The topological polar surface area (TPSA) is 68.3 Å². The first-order valence-electron chi connectivity index (χ1n) is 6.00. The summed E-state index contributed by atoms with van der Waals surface area (Å²) in [5.41, 5.74) is 2.20. The summed E-state index contributed by atoms with van der Waals surface area (Å²) >= 11 is 1.29. The van der Waals surface area contributed by atoms with Gasteiger partial charge < -0.3 is 10.1 Å². The van der Waals surface area contributed by atoms with Gasteiger partial charge >= 0.3 is 5.97 Å². The summed E-state index contributed by atoms with van der Waals surface area (Å²) in [6, 6.07) is 7.16. The fourth-order valence-electron chi connectivity index (χ4n) is 1.49. The van der Waals surface area contributed by atoms with E-state index in [4.69, 9.17) is 4.74 Å². The summed E-state index contributed by atoms with van der Waals surface area (Å²) < 4.78 is 5.16. The van der Waals surface area contributed by atoms with Crippen LogP contribution in [-0.2, 0) is 16.1 Å². The highest BCUT2D eigenvalue weighted by Crippen LogP contribution is 2.16. The SMILES string of the molecule is CC(=O)Nc1nc(COC(=O)c2ccc(C)cc2)cs1. The standard InChI is InChI=1S/C14H14N2O3S/c1-9-3-5-11(6-4-9)13(18)19-7-12-8-20-14(16-12)15-10(2)17/h3-6,8H,7H2,1-2H3,(H,15,16,17). The zero-order chi connectivity index (χ0) is 14.5. The van der Waals surface area contributed by atoms with Gasteiger partial charge in [-0.2, -0.15) is 0 Å². The van der Waals surface area contributed by atoms with Gasteiger partial charge in [-0.25, -0.2) is 9.78 Å². The van der Waals surface area contributed by atoms with Crippen molar-refractivity contribution in [3.63, 3.8) is 0 Å². The van der Waals surface area contributed by atoms with Gasteiger partial charge in [0.15, 0.2) is 5.13 Å². The molecule has 0 fully saturated rings. The Morgan fingerprint density at radius 2 is 2.00 bits per heavy atom. The van der Waals surface area contributed by atoms with Crippen molar-refractivity contribution in [3.05, 3.63) is 46.5 Å². The van der Waals surface area contributed by atoms with Crippen LogP contribution in [0.4, 0.5) is 5.13 Å². The molecule has 2 rings (SSSR count). The number of anilines is 1. The molecule has 0 saturated heterocycles. The van der Waals surface area contributed by atoms with Crippen LogP contribution in [0.1, 0.15) is 28.5 Å². The summed E-state index contributed by atoms with van der Waals surface area (Å²) in [4.78, 5) is 26.8. The van der Waals surface area contributed by atoms with E-state index in [1.54, 1.807) is 17.5 Å². The second-order valence-electron chi connectivity index (χ2n) is 4.27. The molecule has 20 heavy (non-hydrogen) atoms. The first kappa shape index (κ1) is 14.2. The van der Waals surface area contributed by atoms with Crippen LogP contribution in [-0.4, -0.2) is 16.9 Å². The van der Waals surface area contributed by atoms with E-state index in [0.29, 0.717) is 16.4 Å². The zero-order valence-electron chi connectivity index (χ0n) is 11.2. The molecule has 0 bridgehead atoms. The van der Waals surface area contributed by atoms with E-state index in [0.717, 1.165) is 5.56 Å². The number of amides is 1. The summed E-state index contributed by atoms with van der Waals surface area (Å²) in [6.45, 7) is 3.45. The third-order valence-electron chi connectivity index (χ3n) is 2.47. The van der Waals surface area contributed by atoms with E-state index in [2.05, 4.69) is 10.3 Å². The van der Waals surface area contributed by atoms with Crippen LogP contribution in [0.5, 0.6) is 0 Å². The van der Waals surface area contributed by atoms with E-state index in [9.17, 15) is 9.59 Å². The van der Waals surface area contributed by atoms with Crippen LogP contribution in [0.15, 0.2) is 29.6 Å². The van der Waals surface area contributed by atoms with Gasteiger partial charge in [0.1, 0.15) is 6.61 Å². The second kappa shape index (κ2) is 6.29. The van der Waals surface area contributed by atoms with Gasteiger partial charge in [-0.3, -0.25) is 4.79 Å². The largest absolute Gasteiger partial charge is 0.456 e. The summed E-state index contributed by atoms with van der Waals surface area (Å²) in [5, 5.41) is 4.82. The minimum Gasteiger partial charge on any atom is -0.456 e. The van der Waals surface area contributed by atoms with E-state index < -0.39 is 0 Å². The highest BCUT2D eigenvalue weighted by Gasteiger charge is 2.09. The summed E-state index contributed by atoms with van der Waals surface area (Å²) in [5.74, 6) is -0.568. The van der Waals surface area contributed by atoms with Gasteiger partial charge in [0.2, 0.25) is 5.91 Å². The van der Waals surface area contributed by atoms with Gasteiger partial charge in [-0.1, -0.05) is 17.7 Å². The molecule has 2 aromatic rings. The van der Waals surface area contributed by atoms with Crippen LogP contribution in [0.25, 0.3) is 0 Å². The predicted octanol–water partition coefficient (Wildman–Crippen LogP) is 2.77. The Bertz CT molecular complexity index is 620. The van der Waals surface area contributed by atoms with Crippen molar-refractivity contribution in [2.75, 3.05) is 5.32 Å². The molecule has 0 unspecified atom stereocenters. The van der Waals surface area contributed by atoms with E-state index in [1.807, 2.05) is 19.1 Å². The third-order valence-corrected chi connectivity index (χ3v) is 3.28. The molecule has 0 radical (unpaired) electrons. The van der Waals surface area contributed by atoms with E-state index >= 15 is 0 Å². The lowest BCUT2D eigenvalue weighted by Crippen LogP contribution is -2.07. The molecule has 0 aliphatic heterocycles. The Morgan fingerprint density at radius 1 is 1.30 bits per heavy atom. The molecule has 0 aliphatic rings. The zero-order valence-corrected chi connectivity index (χ0v) is 12.0. The van der Waals surface area contributed by atoms with Gasteiger partial charge in [-0.05, 0) is 19.1 Å². The smallest absolute Gasteiger partial charge is 0.338 e. The third kappa shape index (κ3) is 3.89. The van der Waals surface area contributed by atoms with Gasteiger partial charge in [-0.15, -0.1) is 11.3 Å². The van der Waals surface area contributed by atoms with Crippen molar-refractivity contribution in [1.29, 1.82) is 0 Å². The molecule has 1 heterocycles. The Morgan fingerprint density at radius 3 is 2.65 bits per heavy atom. The number of nitrogens with zero attached hydrogens (tertiary/aromatic N) is 1. The number of carbonyl (C=O) groups excluding carboxylic acids is 2. The number of benzene rings is 1. The average molecular weight is 290 g/mol. The molecule has 6 heteroatoms. The summed E-state index contributed by atoms with van der Waals surface area (Å²) in [7, 11) is 0. The Kier molecular flexibility index (Phi) is 4.47. The molecule has 1 amide bonds. The van der Waals surface area contributed by atoms with Gasteiger partial charge in [0.05, 0.1) is 11.3 Å². The number of carbonyl (C=O) groups is 2. The van der Waals surface area contributed by atoms with Crippen LogP contribution in [0, 0.1) is 6.92 Å². The number of hydrogen-bond acceptors (Lipinski definition) is 5. The van der Waals surface area contributed by atoms with Crippen molar-refractivity contribution in [1.82, 2.24) is 4.98 Å². The number of hydrogen-bond donors (Lipinski definition) is 1. The number of thiazole rings is 1. The lowest BCUT2D eigenvalue weighted by atomic mass is 10.1. The number of ether oxygens (including phenoxy) is 1. The number of aryl methyl sites for hydroxylation is 1. The number of esters is 1. The molecule has 104 valence electrons. The molecular weight excluding hydrogens is 276 g/mol. The summed E-state index contributed by atoms with van der Waals surface area (Å²) in [6.07, 6.45) is 0. The fraction of sp³-hybridized carbons (Fsp3) is 0.214. The molecule has 1 aromatic heterocycles. The molecular formula is C14H14N2O3S. The molecule has 0 atom stereocenters. The minimum atomic E-state index is -0.390. The molecule has 1 N–H and O–H groups in total. The Labute approximate surface area is 120 Å². The van der Waals surface area contributed by atoms with Gasteiger partial charge in [0.25, 0.3) is 0 Å².